The zero-order chi connectivity index (χ0) is 22.5. The molecular weight excluding hydrogens is 432 g/mol. The number of amides is 1. The fourth-order valence-corrected chi connectivity index (χ4v) is 4.61. The molecule has 1 atom stereocenters. The smallest absolute Gasteiger partial charge is 0.338 e. The van der Waals surface area contributed by atoms with Gasteiger partial charge in [-0.05, 0) is 48.7 Å². The fourth-order valence-electron chi connectivity index (χ4n) is 3.10. The van der Waals surface area contributed by atoms with E-state index in [2.05, 4.69) is 4.98 Å². The molecule has 1 unspecified atom stereocenters. The van der Waals surface area contributed by atoms with Gasteiger partial charge in [0.05, 0.1) is 16.9 Å². The van der Waals surface area contributed by atoms with Crippen molar-refractivity contribution in [1.29, 1.82) is 0 Å². The first-order valence-electron chi connectivity index (χ1n) is 9.63. The van der Waals surface area contributed by atoms with Crippen LogP contribution in [-0.4, -0.2) is 27.3 Å². The quantitative estimate of drug-likeness (QED) is 0.483. The van der Waals surface area contributed by atoms with Crippen molar-refractivity contribution < 1.29 is 18.5 Å². The highest BCUT2D eigenvalue weighted by molar-refractivity contribution is 7.83. The second-order valence-electron chi connectivity index (χ2n) is 7.19. The van der Waals surface area contributed by atoms with Crippen LogP contribution in [0.1, 0.15) is 39.7 Å². The summed E-state index contributed by atoms with van der Waals surface area (Å²) in [5, 5.41) is 2.31. The van der Waals surface area contributed by atoms with E-state index in [1.165, 1.54) is 18.3 Å². The number of carbonyl (C=O) groups excluding carboxylic acids is 2. The topological polar surface area (TPSA) is 76.6 Å². The molecule has 3 aromatic rings. The summed E-state index contributed by atoms with van der Waals surface area (Å²) in [4.78, 5) is 30.9. The first-order chi connectivity index (χ1) is 14.8. The van der Waals surface area contributed by atoms with Gasteiger partial charge in [-0.3, -0.25) is 13.9 Å². The standard InChI is InChI=1S/C23H24N2O4S2/c1-15-7-5-10-21(16(15)2)25(17(3)26)23-24-20(13-30-23)12-29-22(27)19-9-6-8-18(11-19)14-31(4)28/h5-11,13H,12,14H2,1-4H3. The number of benzene rings is 2. The number of aromatic nitrogens is 1. The summed E-state index contributed by atoms with van der Waals surface area (Å²) >= 11 is 1.32. The number of hydrogen-bond donors (Lipinski definition) is 0. The van der Waals surface area contributed by atoms with Crippen LogP contribution in [-0.2, 0) is 32.7 Å². The van der Waals surface area contributed by atoms with Crippen LogP contribution in [0.15, 0.2) is 47.8 Å². The maximum Gasteiger partial charge on any atom is 0.338 e. The zero-order valence-corrected chi connectivity index (χ0v) is 19.5. The van der Waals surface area contributed by atoms with Crippen LogP contribution < -0.4 is 4.90 Å². The molecule has 3 rings (SSSR count). The lowest BCUT2D eigenvalue weighted by molar-refractivity contribution is -0.115. The normalized spacial score (nSPS) is 11.7. The highest BCUT2D eigenvalue weighted by Crippen LogP contribution is 2.32. The van der Waals surface area contributed by atoms with E-state index in [4.69, 9.17) is 4.74 Å². The van der Waals surface area contributed by atoms with Crippen molar-refractivity contribution in [3.63, 3.8) is 0 Å². The zero-order valence-electron chi connectivity index (χ0n) is 17.9. The van der Waals surface area contributed by atoms with Crippen molar-refractivity contribution in [1.82, 2.24) is 4.98 Å². The molecule has 1 heterocycles. The summed E-state index contributed by atoms with van der Waals surface area (Å²) in [5.74, 6) is -0.233. The van der Waals surface area contributed by atoms with Gasteiger partial charge in [-0.2, -0.15) is 0 Å². The van der Waals surface area contributed by atoms with Crippen LogP contribution in [0.25, 0.3) is 0 Å². The minimum atomic E-state index is -0.989. The maximum atomic E-state index is 12.4. The molecule has 1 amide bonds. The van der Waals surface area contributed by atoms with E-state index in [1.807, 2.05) is 38.1 Å². The first-order valence-corrected chi connectivity index (χ1v) is 12.2. The largest absolute Gasteiger partial charge is 0.456 e. The molecule has 0 aliphatic rings. The van der Waals surface area contributed by atoms with Gasteiger partial charge in [-0.15, -0.1) is 11.3 Å². The van der Waals surface area contributed by atoms with Crippen LogP contribution >= 0.6 is 11.3 Å². The maximum absolute atomic E-state index is 12.4. The van der Waals surface area contributed by atoms with Crippen LogP contribution in [0.5, 0.6) is 0 Å². The number of rotatable bonds is 7. The monoisotopic (exact) mass is 456 g/mol. The van der Waals surface area contributed by atoms with E-state index in [9.17, 15) is 13.8 Å². The van der Waals surface area contributed by atoms with Crippen molar-refractivity contribution >= 4 is 44.8 Å². The predicted molar refractivity (Wildman–Crippen MR) is 124 cm³/mol. The highest BCUT2D eigenvalue weighted by atomic mass is 32.2. The molecule has 0 aliphatic heterocycles. The molecule has 1 aromatic heterocycles. The molecule has 0 saturated carbocycles. The third-order valence-electron chi connectivity index (χ3n) is 4.75. The Balaban J connectivity index is 1.73. The SMILES string of the molecule is CC(=O)N(c1nc(COC(=O)c2cccc(CS(C)=O)c2)cs1)c1cccc(C)c1C. The average Bonchev–Trinajstić information content (AvgIpc) is 3.17. The Labute approximate surface area is 188 Å². The Kier molecular flexibility index (Phi) is 7.35. The fraction of sp³-hybridized carbons (Fsp3) is 0.261. The second-order valence-corrected chi connectivity index (χ2v) is 9.46. The van der Waals surface area contributed by atoms with Crippen LogP contribution in [0.2, 0.25) is 0 Å². The lowest BCUT2D eigenvalue weighted by Gasteiger charge is -2.21. The number of ether oxygens (including phenoxy) is 1. The molecule has 31 heavy (non-hydrogen) atoms. The number of nitrogens with zero attached hydrogens (tertiary/aromatic N) is 2. The first kappa shape index (κ1) is 22.8. The lowest BCUT2D eigenvalue weighted by Crippen LogP contribution is -2.23. The van der Waals surface area contributed by atoms with E-state index in [-0.39, 0.29) is 12.5 Å². The van der Waals surface area contributed by atoms with E-state index >= 15 is 0 Å². The Morgan fingerprint density at radius 3 is 2.61 bits per heavy atom. The summed E-state index contributed by atoms with van der Waals surface area (Å²) in [6.45, 7) is 5.47. The molecule has 0 spiro atoms. The van der Waals surface area contributed by atoms with Gasteiger partial charge in [0.1, 0.15) is 6.61 Å². The van der Waals surface area contributed by atoms with Gasteiger partial charge >= 0.3 is 5.97 Å². The molecule has 0 N–H and O–H groups in total. The molecular formula is C23H24N2O4S2. The highest BCUT2D eigenvalue weighted by Gasteiger charge is 2.20. The van der Waals surface area contributed by atoms with Gasteiger partial charge in [-0.1, -0.05) is 24.3 Å². The molecule has 0 radical (unpaired) electrons. The Morgan fingerprint density at radius 1 is 1.16 bits per heavy atom. The minimum absolute atomic E-state index is 0.00217. The number of thiazole rings is 1. The molecule has 162 valence electrons. The second kappa shape index (κ2) is 9.98. The third-order valence-corrected chi connectivity index (χ3v) is 6.36. The van der Waals surface area contributed by atoms with E-state index < -0.39 is 16.8 Å². The number of esters is 1. The van der Waals surface area contributed by atoms with Crippen molar-refractivity contribution in [3.05, 3.63) is 75.8 Å². The summed E-state index contributed by atoms with van der Waals surface area (Å²) in [6, 6.07) is 12.7. The molecule has 6 nitrogen and oxygen atoms in total. The lowest BCUT2D eigenvalue weighted by atomic mass is 10.1. The van der Waals surface area contributed by atoms with Crippen molar-refractivity contribution in [2.75, 3.05) is 11.2 Å². The van der Waals surface area contributed by atoms with Gasteiger partial charge < -0.3 is 4.74 Å². The Morgan fingerprint density at radius 2 is 1.90 bits per heavy atom. The van der Waals surface area contributed by atoms with Crippen LogP contribution in [0, 0.1) is 13.8 Å². The molecule has 0 saturated heterocycles. The average molecular weight is 457 g/mol. The van der Waals surface area contributed by atoms with Crippen molar-refractivity contribution in [2.24, 2.45) is 0 Å². The molecule has 0 bridgehead atoms. The van der Waals surface area contributed by atoms with Crippen LogP contribution in [0.4, 0.5) is 10.8 Å². The summed E-state index contributed by atoms with van der Waals surface area (Å²) in [7, 11) is -0.989. The number of aryl methyl sites for hydroxylation is 1. The van der Waals surface area contributed by atoms with Crippen LogP contribution in [0.3, 0.4) is 0 Å². The van der Waals surface area contributed by atoms with Gasteiger partial charge in [0.2, 0.25) is 5.91 Å². The third kappa shape index (κ3) is 5.65. The minimum Gasteiger partial charge on any atom is -0.456 e. The van der Waals surface area contributed by atoms with E-state index in [0.717, 1.165) is 22.4 Å². The van der Waals surface area contributed by atoms with Crippen molar-refractivity contribution in [3.8, 4) is 0 Å². The van der Waals surface area contributed by atoms with Gasteiger partial charge in [0.25, 0.3) is 0 Å². The molecule has 0 aliphatic carbocycles. The molecule has 8 heteroatoms. The number of anilines is 2. The van der Waals surface area contributed by atoms with Gasteiger partial charge in [0.15, 0.2) is 5.13 Å². The Hall–Kier alpha value is -2.84. The van der Waals surface area contributed by atoms with Crippen molar-refractivity contribution in [2.45, 2.75) is 33.1 Å². The summed E-state index contributed by atoms with van der Waals surface area (Å²) < 4.78 is 16.8. The summed E-state index contributed by atoms with van der Waals surface area (Å²) in [6.07, 6.45) is 1.62. The molecule has 0 fully saturated rings. The Bertz CT molecular complexity index is 1140. The summed E-state index contributed by atoms with van der Waals surface area (Å²) in [5.41, 5.74) is 4.67. The number of carbonyl (C=O) groups is 2. The van der Waals surface area contributed by atoms with E-state index in [0.29, 0.717) is 22.1 Å². The van der Waals surface area contributed by atoms with Gasteiger partial charge in [0, 0.05) is 35.1 Å². The predicted octanol–water partition coefficient (Wildman–Crippen LogP) is 4.68. The van der Waals surface area contributed by atoms with E-state index in [1.54, 1.807) is 34.7 Å². The molecule has 2 aromatic carbocycles. The number of hydrogen-bond acceptors (Lipinski definition) is 6. The van der Waals surface area contributed by atoms with Gasteiger partial charge in [-0.25, -0.2) is 9.78 Å².